The van der Waals surface area contributed by atoms with Crippen molar-refractivity contribution in [2.75, 3.05) is 0 Å². The van der Waals surface area contributed by atoms with Gasteiger partial charge in [-0.25, -0.2) is 0 Å². The zero-order valence-corrected chi connectivity index (χ0v) is 11.1. The van der Waals surface area contributed by atoms with Gasteiger partial charge < -0.3 is 10.2 Å². The summed E-state index contributed by atoms with van der Waals surface area (Å²) < 4.78 is 0. The van der Waals surface area contributed by atoms with Gasteiger partial charge in [-0.3, -0.25) is 9.59 Å². The summed E-state index contributed by atoms with van der Waals surface area (Å²) in [5, 5.41) is 17.2. The molecule has 2 aromatic carbocycles. The Bertz CT molecular complexity index is 576. The molecule has 0 unspecified atom stereocenters. The number of aliphatic carboxylic acids is 1. The molecule has 2 N–H and O–H groups in total. The average Bonchev–Trinajstić information content (AvgIpc) is 2.48. The minimum absolute atomic E-state index is 0.0198. The van der Waals surface area contributed by atoms with Crippen LogP contribution in [0.2, 0.25) is 0 Å². The second kappa shape index (κ2) is 7.74. The molecule has 4 heteroatoms. The first-order chi connectivity index (χ1) is 9.56. The van der Waals surface area contributed by atoms with E-state index in [0.717, 1.165) is 0 Å². The number of rotatable bonds is 3. The maximum atomic E-state index is 11.9. The van der Waals surface area contributed by atoms with Gasteiger partial charge in [0.2, 0.25) is 0 Å². The minimum Gasteiger partial charge on any atom is -0.507 e. The van der Waals surface area contributed by atoms with Crippen LogP contribution in [-0.4, -0.2) is 22.0 Å². The Balaban J connectivity index is 0.000000347. The van der Waals surface area contributed by atoms with Crippen LogP contribution < -0.4 is 0 Å². The van der Waals surface area contributed by atoms with Crippen molar-refractivity contribution in [3.05, 3.63) is 65.7 Å². The van der Waals surface area contributed by atoms with Crippen molar-refractivity contribution in [1.82, 2.24) is 0 Å². The number of phenolic OH excluding ortho intramolecular Hbond substituents is 1. The Labute approximate surface area is 117 Å². The Morgan fingerprint density at radius 1 is 0.950 bits per heavy atom. The predicted octanol–water partition coefficient (Wildman–Crippen LogP) is 3.10. The summed E-state index contributed by atoms with van der Waals surface area (Å²) in [4.78, 5) is 21.3. The van der Waals surface area contributed by atoms with Crippen LogP contribution in [0.3, 0.4) is 0 Å². The second-order valence-corrected chi connectivity index (χ2v) is 3.96. The molecule has 0 bridgehead atoms. The minimum atomic E-state index is -0.745. The first-order valence-electron chi connectivity index (χ1n) is 6.15. The molecule has 2 rings (SSSR count). The molecule has 0 aliphatic heterocycles. The number of carbonyl (C=O) groups excluding carboxylic acids is 1. The SMILES string of the molecule is CCC(=O)O.O=C(c1ccccc1)c1ccccc1O. The number of carbonyl (C=O) groups is 2. The number of aromatic hydroxyl groups is 1. The Kier molecular flexibility index (Phi) is 5.97. The second-order valence-electron chi connectivity index (χ2n) is 3.96. The number of para-hydroxylation sites is 1. The lowest BCUT2D eigenvalue weighted by Crippen LogP contribution is -2.00. The summed E-state index contributed by atoms with van der Waals surface area (Å²) in [6.45, 7) is 1.60. The molecule has 4 nitrogen and oxygen atoms in total. The van der Waals surface area contributed by atoms with Gasteiger partial charge in [0.1, 0.15) is 5.75 Å². The zero-order valence-electron chi connectivity index (χ0n) is 11.1. The molecular formula is C16H16O4. The molecule has 0 atom stereocenters. The van der Waals surface area contributed by atoms with Crippen LogP contribution in [0.5, 0.6) is 5.75 Å². The van der Waals surface area contributed by atoms with Gasteiger partial charge in [0.15, 0.2) is 5.78 Å². The fourth-order valence-electron chi connectivity index (χ4n) is 1.41. The quantitative estimate of drug-likeness (QED) is 0.842. The monoisotopic (exact) mass is 272 g/mol. The summed E-state index contributed by atoms with van der Waals surface area (Å²) in [5.74, 6) is -0.884. The third-order valence-corrected chi connectivity index (χ3v) is 2.49. The van der Waals surface area contributed by atoms with Gasteiger partial charge in [-0.05, 0) is 12.1 Å². The van der Waals surface area contributed by atoms with E-state index < -0.39 is 5.97 Å². The Morgan fingerprint density at radius 2 is 1.45 bits per heavy atom. The van der Waals surface area contributed by atoms with E-state index in [4.69, 9.17) is 5.11 Å². The highest BCUT2D eigenvalue weighted by Gasteiger charge is 2.11. The third-order valence-electron chi connectivity index (χ3n) is 2.49. The standard InChI is InChI=1S/C13H10O2.C3H6O2/c14-12-9-5-4-8-11(12)13(15)10-6-2-1-3-7-10;1-2-3(4)5/h1-9,14H;2H2,1H3,(H,4,5). The lowest BCUT2D eigenvalue weighted by atomic mass is 10.0. The van der Waals surface area contributed by atoms with Gasteiger partial charge in [-0.2, -0.15) is 0 Å². The normalized spacial score (nSPS) is 9.25. The summed E-state index contributed by atoms with van der Waals surface area (Å²) in [6.07, 6.45) is 0.222. The number of hydrogen-bond acceptors (Lipinski definition) is 3. The molecule has 2 aromatic rings. The van der Waals surface area contributed by atoms with E-state index in [0.29, 0.717) is 11.1 Å². The molecule has 0 spiro atoms. The van der Waals surface area contributed by atoms with Crippen LogP contribution in [0, 0.1) is 0 Å². The molecule has 0 aliphatic rings. The molecule has 0 saturated heterocycles. The molecule has 0 heterocycles. The summed E-state index contributed by atoms with van der Waals surface area (Å²) in [6, 6.07) is 15.5. The van der Waals surface area contributed by atoms with Gasteiger partial charge in [0, 0.05) is 12.0 Å². The molecule has 20 heavy (non-hydrogen) atoms. The molecule has 0 amide bonds. The van der Waals surface area contributed by atoms with Gasteiger partial charge in [-0.15, -0.1) is 0 Å². The van der Waals surface area contributed by atoms with Gasteiger partial charge in [0.05, 0.1) is 5.56 Å². The summed E-state index contributed by atoms with van der Waals surface area (Å²) in [7, 11) is 0. The molecule has 0 radical (unpaired) electrons. The number of carboxylic acids is 1. The largest absolute Gasteiger partial charge is 0.507 e. The van der Waals surface area contributed by atoms with Gasteiger partial charge in [0.25, 0.3) is 0 Å². The lowest BCUT2D eigenvalue weighted by molar-refractivity contribution is -0.136. The molecule has 0 fully saturated rings. The van der Waals surface area contributed by atoms with Crippen molar-refractivity contribution >= 4 is 11.8 Å². The lowest BCUT2D eigenvalue weighted by Gasteiger charge is -2.02. The van der Waals surface area contributed by atoms with Crippen molar-refractivity contribution in [2.45, 2.75) is 13.3 Å². The highest BCUT2D eigenvalue weighted by Crippen LogP contribution is 2.19. The van der Waals surface area contributed by atoms with E-state index >= 15 is 0 Å². The van der Waals surface area contributed by atoms with E-state index in [1.165, 1.54) is 6.07 Å². The number of benzene rings is 2. The van der Waals surface area contributed by atoms with E-state index in [9.17, 15) is 14.7 Å². The van der Waals surface area contributed by atoms with Crippen LogP contribution >= 0.6 is 0 Å². The molecular weight excluding hydrogens is 256 g/mol. The van der Waals surface area contributed by atoms with E-state index in [2.05, 4.69) is 0 Å². The van der Waals surface area contributed by atoms with Crippen LogP contribution in [0.4, 0.5) is 0 Å². The first-order valence-corrected chi connectivity index (χ1v) is 6.15. The molecule has 0 aromatic heterocycles. The topological polar surface area (TPSA) is 74.6 Å². The molecule has 0 saturated carbocycles. The van der Waals surface area contributed by atoms with E-state index in [1.54, 1.807) is 49.4 Å². The van der Waals surface area contributed by atoms with Gasteiger partial charge >= 0.3 is 5.97 Å². The number of hydrogen-bond donors (Lipinski definition) is 2. The van der Waals surface area contributed by atoms with Gasteiger partial charge in [-0.1, -0.05) is 49.4 Å². The van der Waals surface area contributed by atoms with Crippen LogP contribution in [0.15, 0.2) is 54.6 Å². The Hall–Kier alpha value is -2.62. The molecule has 104 valence electrons. The highest BCUT2D eigenvalue weighted by atomic mass is 16.4. The average molecular weight is 272 g/mol. The number of ketones is 1. The summed E-state index contributed by atoms with van der Waals surface area (Å²) in [5.41, 5.74) is 0.919. The zero-order chi connectivity index (χ0) is 15.0. The highest BCUT2D eigenvalue weighted by molar-refractivity contribution is 6.10. The smallest absolute Gasteiger partial charge is 0.303 e. The predicted molar refractivity (Wildman–Crippen MR) is 75.9 cm³/mol. The van der Waals surface area contributed by atoms with Crippen LogP contribution in [0.1, 0.15) is 29.3 Å². The van der Waals surface area contributed by atoms with E-state index in [1.807, 2.05) is 6.07 Å². The van der Waals surface area contributed by atoms with Crippen LogP contribution in [0.25, 0.3) is 0 Å². The maximum absolute atomic E-state index is 11.9. The number of phenols is 1. The fraction of sp³-hybridized carbons (Fsp3) is 0.125. The third kappa shape index (κ3) is 4.57. The van der Waals surface area contributed by atoms with Crippen molar-refractivity contribution < 1.29 is 19.8 Å². The molecule has 0 aliphatic carbocycles. The number of carboxylic acid groups (broad SMARTS) is 1. The van der Waals surface area contributed by atoms with Crippen molar-refractivity contribution in [2.24, 2.45) is 0 Å². The fourth-order valence-corrected chi connectivity index (χ4v) is 1.41. The summed E-state index contributed by atoms with van der Waals surface area (Å²) >= 11 is 0. The van der Waals surface area contributed by atoms with Crippen molar-refractivity contribution in [1.29, 1.82) is 0 Å². The van der Waals surface area contributed by atoms with Crippen molar-refractivity contribution in [3.8, 4) is 5.75 Å². The van der Waals surface area contributed by atoms with Crippen LogP contribution in [-0.2, 0) is 4.79 Å². The Morgan fingerprint density at radius 3 is 1.95 bits per heavy atom. The first kappa shape index (κ1) is 15.4. The van der Waals surface area contributed by atoms with E-state index in [-0.39, 0.29) is 18.0 Å². The van der Waals surface area contributed by atoms with Crippen molar-refractivity contribution in [3.63, 3.8) is 0 Å². The maximum Gasteiger partial charge on any atom is 0.303 e.